The highest BCUT2D eigenvalue weighted by Crippen LogP contribution is 2.31. The minimum Gasteiger partial charge on any atom is -0.330 e. The van der Waals surface area contributed by atoms with E-state index in [-0.39, 0.29) is 11.8 Å². The first-order chi connectivity index (χ1) is 9.10. The van der Waals surface area contributed by atoms with Gasteiger partial charge in [-0.1, -0.05) is 20.3 Å². The monoisotopic (exact) mass is 264 g/mol. The highest BCUT2D eigenvalue weighted by atomic mass is 16.1. The Labute approximate surface area is 114 Å². The van der Waals surface area contributed by atoms with Crippen LogP contribution in [0.25, 0.3) is 0 Å². The summed E-state index contributed by atoms with van der Waals surface area (Å²) >= 11 is 0. The van der Waals surface area contributed by atoms with E-state index in [2.05, 4.69) is 24.3 Å². The van der Waals surface area contributed by atoms with Gasteiger partial charge < -0.3 is 11.1 Å². The lowest BCUT2D eigenvalue weighted by Crippen LogP contribution is -2.29. The molecule has 1 fully saturated rings. The predicted octanol–water partition coefficient (Wildman–Crippen LogP) is 1.85. The van der Waals surface area contributed by atoms with Gasteiger partial charge in [-0.3, -0.25) is 9.48 Å². The van der Waals surface area contributed by atoms with E-state index in [9.17, 15) is 4.79 Å². The van der Waals surface area contributed by atoms with Crippen LogP contribution in [0.4, 0.5) is 5.69 Å². The summed E-state index contributed by atoms with van der Waals surface area (Å²) < 4.78 is 1.87. The Morgan fingerprint density at radius 1 is 1.58 bits per heavy atom. The maximum atomic E-state index is 12.2. The van der Waals surface area contributed by atoms with Crippen molar-refractivity contribution >= 4 is 11.6 Å². The van der Waals surface area contributed by atoms with Gasteiger partial charge in [0.25, 0.3) is 0 Å². The van der Waals surface area contributed by atoms with E-state index >= 15 is 0 Å². The van der Waals surface area contributed by atoms with Crippen LogP contribution < -0.4 is 11.1 Å². The zero-order valence-corrected chi connectivity index (χ0v) is 11.8. The van der Waals surface area contributed by atoms with Gasteiger partial charge in [0.05, 0.1) is 11.9 Å². The van der Waals surface area contributed by atoms with Crippen molar-refractivity contribution in [3.05, 3.63) is 12.4 Å². The zero-order chi connectivity index (χ0) is 13.8. The second-order valence-corrected chi connectivity index (χ2v) is 5.87. The number of aromatic nitrogens is 2. The molecule has 5 heteroatoms. The molecule has 1 amide bonds. The van der Waals surface area contributed by atoms with Gasteiger partial charge in [0.2, 0.25) is 5.91 Å². The number of rotatable bonds is 5. The second-order valence-electron chi connectivity index (χ2n) is 5.87. The van der Waals surface area contributed by atoms with Gasteiger partial charge in [-0.05, 0) is 31.2 Å². The van der Waals surface area contributed by atoms with Crippen molar-refractivity contribution < 1.29 is 4.79 Å². The van der Waals surface area contributed by atoms with E-state index in [0.717, 1.165) is 31.5 Å². The Kier molecular flexibility index (Phi) is 4.58. The molecule has 5 nitrogen and oxygen atoms in total. The Balaban J connectivity index is 1.93. The zero-order valence-electron chi connectivity index (χ0n) is 11.8. The molecule has 0 saturated heterocycles. The number of carbonyl (C=O) groups is 1. The molecule has 0 unspecified atom stereocenters. The van der Waals surface area contributed by atoms with Crippen LogP contribution in [0, 0.1) is 17.8 Å². The van der Waals surface area contributed by atoms with Crippen LogP contribution in [-0.2, 0) is 11.3 Å². The normalized spacial score (nSPS) is 22.9. The van der Waals surface area contributed by atoms with Crippen LogP contribution in [0.2, 0.25) is 0 Å². The number of hydrogen-bond acceptors (Lipinski definition) is 3. The molecule has 0 spiro atoms. The maximum absolute atomic E-state index is 12.2. The van der Waals surface area contributed by atoms with E-state index in [0.29, 0.717) is 18.4 Å². The molecule has 1 aliphatic carbocycles. The van der Waals surface area contributed by atoms with Gasteiger partial charge in [-0.25, -0.2) is 0 Å². The lowest BCUT2D eigenvalue weighted by atomic mass is 9.95. The van der Waals surface area contributed by atoms with Gasteiger partial charge in [0, 0.05) is 18.7 Å². The van der Waals surface area contributed by atoms with E-state index < -0.39 is 0 Å². The van der Waals surface area contributed by atoms with Crippen molar-refractivity contribution in [1.29, 1.82) is 0 Å². The third kappa shape index (κ3) is 3.56. The molecule has 19 heavy (non-hydrogen) atoms. The van der Waals surface area contributed by atoms with Crippen molar-refractivity contribution in [2.24, 2.45) is 23.5 Å². The SMILES string of the molecule is CC(C)Cn1cc(NC(=O)[C@@H]2CCC[C@@H]2CN)cn1. The fraction of sp³-hybridized carbons (Fsp3) is 0.714. The summed E-state index contributed by atoms with van der Waals surface area (Å²) in [6, 6.07) is 0. The highest BCUT2D eigenvalue weighted by Gasteiger charge is 2.31. The van der Waals surface area contributed by atoms with Crippen molar-refractivity contribution in [1.82, 2.24) is 9.78 Å². The van der Waals surface area contributed by atoms with E-state index in [1.165, 1.54) is 0 Å². The van der Waals surface area contributed by atoms with Crippen LogP contribution in [-0.4, -0.2) is 22.2 Å². The topological polar surface area (TPSA) is 72.9 Å². The molecule has 3 N–H and O–H groups in total. The van der Waals surface area contributed by atoms with Crippen LogP contribution in [0.1, 0.15) is 33.1 Å². The molecular weight excluding hydrogens is 240 g/mol. The summed E-state index contributed by atoms with van der Waals surface area (Å²) in [7, 11) is 0. The fourth-order valence-electron chi connectivity index (χ4n) is 2.80. The number of nitrogens with zero attached hydrogens (tertiary/aromatic N) is 2. The Bertz CT molecular complexity index is 427. The van der Waals surface area contributed by atoms with Gasteiger partial charge in [-0.15, -0.1) is 0 Å². The lowest BCUT2D eigenvalue weighted by molar-refractivity contribution is -0.120. The molecule has 0 radical (unpaired) electrons. The molecule has 0 bridgehead atoms. The Hall–Kier alpha value is -1.36. The fourth-order valence-corrected chi connectivity index (χ4v) is 2.80. The smallest absolute Gasteiger partial charge is 0.227 e. The van der Waals surface area contributed by atoms with Gasteiger partial charge in [0.1, 0.15) is 0 Å². The van der Waals surface area contributed by atoms with E-state index in [4.69, 9.17) is 5.73 Å². The van der Waals surface area contributed by atoms with Gasteiger partial charge in [-0.2, -0.15) is 5.10 Å². The first kappa shape index (κ1) is 14.1. The number of hydrogen-bond donors (Lipinski definition) is 2. The molecule has 1 aromatic heterocycles. The summed E-state index contributed by atoms with van der Waals surface area (Å²) in [5.41, 5.74) is 6.50. The Morgan fingerprint density at radius 2 is 2.37 bits per heavy atom. The largest absolute Gasteiger partial charge is 0.330 e. The molecule has 1 saturated carbocycles. The molecule has 106 valence electrons. The summed E-state index contributed by atoms with van der Waals surface area (Å²) in [6.07, 6.45) is 6.73. The van der Waals surface area contributed by atoms with Gasteiger partial charge in [0.15, 0.2) is 0 Å². The van der Waals surface area contributed by atoms with Crippen LogP contribution in [0.3, 0.4) is 0 Å². The molecule has 0 aliphatic heterocycles. The second kappa shape index (κ2) is 6.19. The molecule has 0 aromatic carbocycles. The number of nitrogens with two attached hydrogens (primary N) is 1. The number of carbonyl (C=O) groups excluding carboxylic acids is 1. The molecule has 1 heterocycles. The summed E-state index contributed by atoms with van der Waals surface area (Å²) in [6.45, 7) is 5.75. The standard InChI is InChI=1S/C14H24N4O/c1-10(2)8-18-9-12(7-16-18)17-14(19)13-5-3-4-11(13)6-15/h7,9-11,13H,3-6,8,15H2,1-2H3,(H,17,19)/t11-,13-/m1/s1. The third-order valence-corrected chi connectivity index (χ3v) is 3.75. The summed E-state index contributed by atoms with van der Waals surface area (Å²) in [5, 5.41) is 7.22. The van der Waals surface area contributed by atoms with Gasteiger partial charge >= 0.3 is 0 Å². The average Bonchev–Trinajstić information content (AvgIpc) is 2.96. The molecule has 1 aromatic rings. The molecular formula is C14H24N4O. The Morgan fingerprint density at radius 3 is 3.05 bits per heavy atom. The third-order valence-electron chi connectivity index (χ3n) is 3.75. The van der Waals surface area contributed by atoms with Crippen molar-refractivity contribution in [2.45, 2.75) is 39.7 Å². The number of amides is 1. The van der Waals surface area contributed by atoms with Crippen LogP contribution in [0.5, 0.6) is 0 Å². The van der Waals surface area contributed by atoms with Crippen molar-refractivity contribution in [3.63, 3.8) is 0 Å². The minimum atomic E-state index is 0.0680. The van der Waals surface area contributed by atoms with E-state index in [1.54, 1.807) is 6.20 Å². The summed E-state index contributed by atoms with van der Waals surface area (Å²) in [4.78, 5) is 12.2. The molecule has 1 aliphatic rings. The molecule has 2 rings (SSSR count). The highest BCUT2D eigenvalue weighted by molar-refractivity contribution is 5.92. The summed E-state index contributed by atoms with van der Waals surface area (Å²) in [5.74, 6) is 1.04. The quantitative estimate of drug-likeness (QED) is 0.852. The predicted molar refractivity (Wildman–Crippen MR) is 75.6 cm³/mol. The van der Waals surface area contributed by atoms with E-state index in [1.807, 2.05) is 10.9 Å². The minimum absolute atomic E-state index is 0.0680. The van der Waals surface area contributed by atoms with Crippen molar-refractivity contribution in [3.8, 4) is 0 Å². The van der Waals surface area contributed by atoms with Crippen LogP contribution in [0.15, 0.2) is 12.4 Å². The first-order valence-corrected chi connectivity index (χ1v) is 7.13. The lowest BCUT2D eigenvalue weighted by Gasteiger charge is -2.16. The number of nitrogens with one attached hydrogen (secondary N) is 1. The molecule has 2 atom stereocenters. The number of anilines is 1. The van der Waals surface area contributed by atoms with Crippen molar-refractivity contribution in [2.75, 3.05) is 11.9 Å². The van der Waals surface area contributed by atoms with Crippen LogP contribution >= 0.6 is 0 Å². The first-order valence-electron chi connectivity index (χ1n) is 7.13. The average molecular weight is 264 g/mol. The maximum Gasteiger partial charge on any atom is 0.227 e.